The standard InChI is InChI=1S/C13H9BrN2O2/c1-2-3-12(17)16-13-9-6-8(14)4-5-10(9)18-11(13)7-15/h2-6H,1H3,(H,16,17)/b3-2+. The topological polar surface area (TPSA) is 66.0 Å². The molecule has 0 radical (unpaired) electrons. The maximum Gasteiger partial charge on any atom is 0.248 e. The fourth-order valence-corrected chi connectivity index (χ4v) is 1.95. The second kappa shape index (κ2) is 5.07. The van der Waals surface area contributed by atoms with Crippen LogP contribution < -0.4 is 5.32 Å². The molecule has 0 saturated heterocycles. The predicted octanol–water partition coefficient (Wildman–Crippen LogP) is 3.58. The number of carbonyl (C=O) groups excluding carboxylic acids is 1. The van der Waals surface area contributed by atoms with Gasteiger partial charge >= 0.3 is 0 Å². The second-order valence-electron chi connectivity index (χ2n) is 3.55. The van der Waals surface area contributed by atoms with Gasteiger partial charge in [0.15, 0.2) is 0 Å². The summed E-state index contributed by atoms with van der Waals surface area (Å²) in [6, 6.07) is 7.28. The molecular formula is C13H9BrN2O2. The summed E-state index contributed by atoms with van der Waals surface area (Å²) < 4.78 is 6.21. The predicted molar refractivity (Wildman–Crippen MR) is 72.1 cm³/mol. The number of nitrogens with zero attached hydrogens (tertiary/aromatic N) is 1. The van der Waals surface area contributed by atoms with E-state index >= 15 is 0 Å². The molecule has 90 valence electrons. The van der Waals surface area contributed by atoms with Gasteiger partial charge in [-0.2, -0.15) is 5.26 Å². The van der Waals surface area contributed by atoms with E-state index in [0.29, 0.717) is 16.7 Å². The lowest BCUT2D eigenvalue weighted by atomic mass is 10.2. The average Bonchev–Trinajstić information content (AvgIpc) is 2.67. The number of carbonyl (C=O) groups is 1. The largest absolute Gasteiger partial charge is 0.443 e. The Kier molecular flexibility index (Phi) is 3.49. The number of hydrogen-bond donors (Lipinski definition) is 1. The zero-order valence-corrected chi connectivity index (χ0v) is 11.1. The summed E-state index contributed by atoms with van der Waals surface area (Å²) in [5.74, 6) is -0.197. The highest BCUT2D eigenvalue weighted by Gasteiger charge is 2.15. The van der Waals surface area contributed by atoms with Crippen LogP contribution in [0.5, 0.6) is 0 Å². The number of fused-ring (bicyclic) bond motifs is 1. The van der Waals surface area contributed by atoms with E-state index in [0.717, 1.165) is 4.47 Å². The maximum atomic E-state index is 11.5. The average molecular weight is 305 g/mol. The minimum Gasteiger partial charge on any atom is -0.443 e. The molecule has 0 aliphatic carbocycles. The number of benzene rings is 1. The molecule has 0 aliphatic heterocycles. The number of halogens is 1. The quantitative estimate of drug-likeness (QED) is 0.862. The molecule has 0 aliphatic rings. The van der Waals surface area contributed by atoms with Crippen LogP contribution in [-0.2, 0) is 4.79 Å². The van der Waals surface area contributed by atoms with Crippen molar-refractivity contribution in [2.24, 2.45) is 0 Å². The van der Waals surface area contributed by atoms with Crippen molar-refractivity contribution in [1.29, 1.82) is 5.26 Å². The molecule has 0 fully saturated rings. The number of rotatable bonds is 2. The third-order valence-electron chi connectivity index (χ3n) is 2.32. The summed E-state index contributed by atoms with van der Waals surface area (Å²) >= 11 is 3.34. The van der Waals surface area contributed by atoms with Gasteiger partial charge in [-0.25, -0.2) is 0 Å². The Labute approximate surface area is 112 Å². The highest BCUT2D eigenvalue weighted by Crippen LogP contribution is 2.32. The van der Waals surface area contributed by atoms with E-state index in [1.807, 2.05) is 12.1 Å². The van der Waals surface area contributed by atoms with Gasteiger partial charge in [-0.15, -0.1) is 0 Å². The molecule has 0 atom stereocenters. The van der Waals surface area contributed by atoms with E-state index in [2.05, 4.69) is 21.2 Å². The minimum atomic E-state index is -0.295. The molecule has 0 unspecified atom stereocenters. The first kappa shape index (κ1) is 12.4. The van der Waals surface area contributed by atoms with Crippen molar-refractivity contribution >= 4 is 38.5 Å². The first-order chi connectivity index (χ1) is 8.65. The Morgan fingerprint density at radius 1 is 1.56 bits per heavy atom. The minimum absolute atomic E-state index is 0.0981. The normalized spacial score (nSPS) is 10.7. The summed E-state index contributed by atoms with van der Waals surface area (Å²) in [5.41, 5.74) is 0.961. The third kappa shape index (κ3) is 2.29. The van der Waals surface area contributed by atoms with Gasteiger partial charge in [-0.3, -0.25) is 4.79 Å². The number of allylic oxidation sites excluding steroid dienone is 1. The van der Waals surface area contributed by atoms with Gasteiger partial charge in [-0.05, 0) is 31.2 Å². The number of furan rings is 1. The van der Waals surface area contributed by atoms with Gasteiger partial charge in [-0.1, -0.05) is 22.0 Å². The lowest BCUT2D eigenvalue weighted by Crippen LogP contribution is -2.08. The molecule has 2 rings (SSSR count). The van der Waals surface area contributed by atoms with Crippen LogP contribution in [0.2, 0.25) is 0 Å². The molecule has 0 saturated carbocycles. The zero-order chi connectivity index (χ0) is 13.1. The molecule has 1 aromatic heterocycles. The van der Waals surface area contributed by atoms with E-state index < -0.39 is 0 Å². The van der Waals surface area contributed by atoms with E-state index in [9.17, 15) is 4.79 Å². The number of nitriles is 1. The maximum absolute atomic E-state index is 11.5. The monoisotopic (exact) mass is 304 g/mol. The van der Waals surface area contributed by atoms with E-state index in [-0.39, 0.29) is 11.7 Å². The molecule has 4 nitrogen and oxygen atoms in total. The van der Waals surface area contributed by atoms with Gasteiger partial charge in [0, 0.05) is 9.86 Å². The van der Waals surface area contributed by atoms with Crippen molar-refractivity contribution in [1.82, 2.24) is 0 Å². The molecule has 1 amide bonds. The van der Waals surface area contributed by atoms with Crippen molar-refractivity contribution in [3.63, 3.8) is 0 Å². The number of hydrogen-bond acceptors (Lipinski definition) is 3. The molecule has 0 bridgehead atoms. The number of amides is 1. The van der Waals surface area contributed by atoms with Crippen molar-refractivity contribution in [2.75, 3.05) is 5.32 Å². The molecule has 1 N–H and O–H groups in total. The van der Waals surface area contributed by atoms with Crippen LogP contribution in [-0.4, -0.2) is 5.91 Å². The van der Waals surface area contributed by atoms with Crippen molar-refractivity contribution in [3.05, 3.63) is 40.6 Å². The Hall–Kier alpha value is -2.06. The van der Waals surface area contributed by atoms with Crippen LogP contribution in [0.4, 0.5) is 5.69 Å². The summed E-state index contributed by atoms with van der Waals surface area (Å²) in [6.45, 7) is 1.74. The van der Waals surface area contributed by atoms with Gasteiger partial charge in [0.1, 0.15) is 17.3 Å². The molecule has 1 aromatic carbocycles. The lowest BCUT2D eigenvalue weighted by molar-refractivity contribution is -0.111. The number of anilines is 1. The molecule has 5 heteroatoms. The van der Waals surface area contributed by atoms with Crippen LogP contribution in [0.15, 0.2) is 39.2 Å². The van der Waals surface area contributed by atoms with Crippen LogP contribution in [0, 0.1) is 11.3 Å². The van der Waals surface area contributed by atoms with Crippen LogP contribution in [0.3, 0.4) is 0 Å². The van der Waals surface area contributed by atoms with Crippen molar-refractivity contribution in [3.8, 4) is 6.07 Å². The summed E-state index contributed by atoms with van der Waals surface area (Å²) in [5, 5.41) is 12.3. The van der Waals surface area contributed by atoms with Gasteiger partial charge in [0.25, 0.3) is 0 Å². The molecule has 1 heterocycles. The van der Waals surface area contributed by atoms with E-state index in [1.165, 1.54) is 6.08 Å². The molecular weight excluding hydrogens is 296 g/mol. The summed E-state index contributed by atoms with van der Waals surface area (Å²) in [6.07, 6.45) is 3.01. The molecule has 2 aromatic rings. The van der Waals surface area contributed by atoms with Crippen molar-refractivity contribution < 1.29 is 9.21 Å². The van der Waals surface area contributed by atoms with Gasteiger partial charge in [0.2, 0.25) is 11.7 Å². The zero-order valence-electron chi connectivity index (χ0n) is 9.53. The Morgan fingerprint density at radius 2 is 2.33 bits per heavy atom. The summed E-state index contributed by atoms with van der Waals surface area (Å²) in [4.78, 5) is 11.5. The van der Waals surface area contributed by atoms with Crippen LogP contribution >= 0.6 is 15.9 Å². The Balaban J connectivity index is 2.56. The fraction of sp³-hybridized carbons (Fsp3) is 0.0769. The lowest BCUT2D eigenvalue weighted by Gasteiger charge is -1.99. The third-order valence-corrected chi connectivity index (χ3v) is 2.81. The van der Waals surface area contributed by atoms with E-state index in [1.54, 1.807) is 25.1 Å². The second-order valence-corrected chi connectivity index (χ2v) is 4.46. The highest BCUT2D eigenvalue weighted by atomic mass is 79.9. The number of nitrogens with one attached hydrogen (secondary N) is 1. The van der Waals surface area contributed by atoms with Crippen LogP contribution in [0.1, 0.15) is 12.7 Å². The highest BCUT2D eigenvalue weighted by molar-refractivity contribution is 9.10. The fourth-order valence-electron chi connectivity index (χ4n) is 1.59. The first-order valence-electron chi connectivity index (χ1n) is 5.21. The first-order valence-corrected chi connectivity index (χ1v) is 6.01. The molecule has 0 spiro atoms. The van der Waals surface area contributed by atoms with Gasteiger partial charge < -0.3 is 9.73 Å². The summed E-state index contributed by atoms with van der Waals surface area (Å²) in [7, 11) is 0. The van der Waals surface area contributed by atoms with Crippen molar-refractivity contribution in [2.45, 2.75) is 6.92 Å². The smallest absolute Gasteiger partial charge is 0.248 e. The molecule has 18 heavy (non-hydrogen) atoms. The SMILES string of the molecule is C/C=C/C(=O)Nc1c(C#N)oc2ccc(Br)cc12. The Morgan fingerprint density at radius 3 is 3.00 bits per heavy atom. The Bertz CT molecular complexity index is 680. The van der Waals surface area contributed by atoms with Crippen LogP contribution in [0.25, 0.3) is 11.0 Å². The van der Waals surface area contributed by atoms with Gasteiger partial charge in [0.05, 0.1) is 0 Å². The van der Waals surface area contributed by atoms with E-state index in [4.69, 9.17) is 9.68 Å².